The summed E-state index contributed by atoms with van der Waals surface area (Å²) in [5.41, 5.74) is 1.13. The molecular formula is C14H17N3O2. The molecule has 0 aliphatic carbocycles. The van der Waals surface area contributed by atoms with E-state index in [1.807, 2.05) is 36.1 Å². The number of imidazole rings is 1. The lowest BCUT2D eigenvalue weighted by Gasteiger charge is -2.18. The van der Waals surface area contributed by atoms with Gasteiger partial charge in [0.05, 0.1) is 6.04 Å². The van der Waals surface area contributed by atoms with Crippen molar-refractivity contribution in [2.45, 2.75) is 13.0 Å². The van der Waals surface area contributed by atoms with E-state index in [0.717, 1.165) is 29.4 Å². The van der Waals surface area contributed by atoms with Crippen molar-refractivity contribution in [2.75, 3.05) is 13.3 Å². The summed E-state index contributed by atoms with van der Waals surface area (Å²) in [4.78, 5) is 4.43. The van der Waals surface area contributed by atoms with Crippen LogP contribution in [0, 0.1) is 0 Å². The molecule has 0 spiro atoms. The van der Waals surface area contributed by atoms with Gasteiger partial charge in [0.1, 0.15) is 5.82 Å². The molecular weight excluding hydrogens is 242 g/mol. The van der Waals surface area contributed by atoms with Crippen LogP contribution in [0.5, 0.6) is 11.5 Å². The Labute approximate surface area is 112 Å². The number of aromatic nitrogens is 2. The summed E-state index contributed by atoms with van der Waals surface area (Å²) in [6.45, 7) is 3.25. The topological polar surface area (TPSA) is 48.3 Å². The summed E-state index contributed by atoms with van der Waals surface area (Å²) in [6, 6.07) is 6.07. The quantitative estimate of drug-likeness (QED) is 0.910. The molecule has 0 radical (unpaired) electrons. The molecule has 0 bridgehead atoms. The molecule has 19 heavy (non-hydrogen) atoms. The fourth-order valence-electron chi connectivity index (χ4n) is 2.31. The maximum atomic E-state index is 5.44. The normalized spacial score (nSPS) is 14.6. The van der Waals surface area contributed by atoms with Crippen LogP contribution in [-0.4, -0.2) is 22.9 Å². The Morgan fingerprint density at radius 1 is 1.37 bits per heavy atom. The van der Waals surface area contributed by atoms with Crippen LogP contribution in [0.1, 0.15) is 24.4 Å². The average Bonchev–Trinajstić information content (AvgIpc) is 3.03. The van der Waals surface area contributed by atoms with Crippen molar-refractivity contribution in [3.05, 3.63) is 42.0 Å². The average molecular weight is 259 g/mol. The van der Waals surface area contributed by atoms with Crippen molar-refractivity contribution in [1.82, 2.24) is 14.9 Å². The fourth-order valence-corrected chi connectivity index (χ4v) is 2.31. The van der Waals surface area contributed by atoms with E-state index in [2.05, 4.69) is 23.3 Å². The maximum Gasteiger partial charge on any atom is 0.231 e. The zero-order valence-corrected chi connectivity index (χ0v) is 11.1. The number of fused-ring (bicyclic) bond motifs is 1. The van der Waals surface area contributed by atoms with Gasteiger partial charge < -0.3 is 19.4 Å². The smallest absolute Gasteiger partial charge is 0.231 e. The molecule has 2 aromatic rings. The Hall–Kier alpha value is -2.01. The summed E-state index contributed by atoms with van der Waals surface area (Å²) < 4.78 is 12.8. The molecule has 1 aromatic carbocycles. The number of nitrogens with one attached hydrogen (secondary N) is 1. The Morgan fingerprint density at radius 2 is 2.21 bits per heavy atom. The minimum absolute atomic E-state index is 0.0551. The second-order valence-electron chi connectivity index (χ2n) is 4.50. The third kappa shape index (κ3) is 2.17. The highest BCUT2D eigenvalue weighted by Crippen LogP contribution is 2.35. The number of hydrogen-bond donors (Lipinski definition) is 1. The monoisotopic (exact) mass is 259 g/mol. The Bertz CT molecular complexity index is 580. The predicted molar refractivity (Wildman–Crippen MR) is 71.3 cm³/mol. The van der Waals surface area contributed by atoms with Crippen LogP contribution in [0.4, 0.5) is 0 Å². The van der Waals surface area contributed by atoms with Crippen LogP contribution in [0.2, 0.25) is 0 Å². The molecule has 1 unspecified atom stereocenters. The molecule has 1 atom stereocenters. The molecule has 5 heteroatoms. The molecule has 0 saturated heterocycles. The molecule has 5 nitrogen and oxygen atoms in total. The van der Waals surface area contributed by atoms with Crippen molar-refractivity contribution in [3.63, 3.8) is 0 Å². The lowest BCUT2D eigenvalue weighted by atomic mass is 10.1. The standard InChI is InChI=1S/C14H17N3O2/c1-3-15-13(14-16-6-7-17(14)2)10-4-5-11-12(8-10)19-9-18-11/h4-8,13,15H,3,9H2,1-2H3. The summed E-state index contributed by atoms with van der Waals surface area (Å²) in [5.74, 6) is 2.59. The number of aryl methyl sites for hydroxylation is 1. The van der Waals surface area contributed by atoms with E-state index in [1.165, 1.54) is 0 Å². The summed E-state index contributed by atoms with van der Waals surface area (Å²) in [6.07, 6.45) is 3.76. The number of rotatable bonds is 4. The van der Waals surface area contributed by atoms with E-state index in [1.54, 1.807) is 0 Å². The maximum absolute atomic E-state index is 5.44. The van der Waals surface area contributed by atoms with Gasteiger partial charge in [-0.1, -0.05) is 13.0 Å². The number of ether oxygens (including phenoxy) is 2. The molecule has 0 fully saturated rings. The van der Waals surface area contributed by atoms with E-state index in [4.69, 9.17) is 9.47 Å². The SMILES string of the molecule is CCNC(c1ccc2c(c1)OCO2)c1nccn1C. The van der Waals surface area contributed by atoms with Gasteiger partial charge in [-0.2, -0.15) is 0 Å². The summed E-state index contributed by atoms with van der Waals surface area (Å²) in [5, 5.41) is 3.45. The van der Waals surface area contributed by atoms with Gasteiger partial charge in [0.15, 0.2) is 11.5 Å². The highest BCUT2D eigenvalue weighted by molar-refractivity contribution is 5.46. The Morgan fingerprint density at radius 3 is 2.95 bits per heavy atom. The van der Waals surface area contributed by atoms with Gasteiger partial charge in [-0.05, 0) is 24.2 Å². The van der Waals surface area contributed by atoms with E-state index in [0.29, 0.717) is 6.79 Å². The molecule has 1 aliphatic rings. The number of nitrogens with zero attached hydrogens (tertiary/aromatic N) is 2. The second kappa shape index (κ2) is 4.93. The largest absolute Gasteiger partial charge is 0.454 e. The first-order chi connectivity index (χ1) is 9.29. The van der Waals surface area contributed by atoms with Gasteiger partial charge >= 0.3 is 0 Å². The zero-order chi connectivity index (χ0) is 13.2. The lowest BCUT2D eigenvalue weighted by Crippen LogP contribution is -2.24. The molecule has 0 saturated carbocycles. The van der Waals surface area contributed by atoms with Gasteiger partial charge in [0.2, 0.25) is 6.79 Å². The lowest BCUT2D eigenvalue weighted by molar-refractivity contribution is 0.174. The predicted octanol–water partition coefficient (Wildman–Crippen LogP) is 1.85. The molecule has 100 valence electrons. The molecule has 3 rings (SSSR count). The Kier molecular flexibility index (Phi) is 3.13. The summed E-state index contributed by atoms with van der Waals surface area (Å²) >= 11 is 0. The minimum Gasteiger partial charge on any atom is -0.454 e. The molecule has 1 N–H and O–H groups in total. The third-order valence-electron chi connectivity index (χ3n) is 3.25. The van der Waals surface area contributed by atoms with Crippen LogP contribution >= 0.6 is 0 Å². The van der Waals surface area contributed by atoms with Crippen molar-refractivity contribution in [1.29, 1.82) is 0 Å². The van der Waals surface area contributed by atoms with Crippen molar-refractivity contribution >= 4 is 0 Å². The number of benzene rings is 1. The van der Waals surface area contributed by atoms with Crippen LogP contribution in [0.3, 0.4) is 0 Å². The van der Waals surface area contributed by atoms with Gasteiger partial charge in [-0.25, -0.2) is 4.98 Å². The first kappa shape index (κ1) is 12.0. The van der Waals surface area contributed by atoms with E-state index in [-0.39, 0.29) is 6.04 Å². The van der Waals surface area contributed by atoms with Crippen molar-refractivity contribution in [2.24, 2.45) is 7.05 Å². The Balaban J connectivity index is 1.98. The fraction of sp³-hybridized carbons (Fsp3) is 0.357. The first-order valence-corrected chi connectivity index (χ1v) is 6.39. The van der Waals surface area contributed by atoms with E-state index in [9.17, 15) is 0 Å². The van der Waals surface area contributed by atoms with E-state index < -0.39 is 0 Å². The first-order valence-electron chi connectivity index (χ1n) is 6.39. The van der Waals surface area contributed by atoms with Crippen LogP contribution in [-0.2, 0) is 7.05 Å². The van der Waals surface area contributed by atoms with E-state index >= 15 is 0 Å². The molecule has 1 aromatic heterocycles. The highest BCUT2D eigenvalue weighted by Gasteiger charge is 2.21. The van der Waals surface area contributed by atoms with Gasteiger partial charge in [0.25, 0.3) is 0 Å². The molecule has 2 heterocycles. The van der Waals surface area contributed by atoms with Gasteiger partial charge in [-0.15, -0.1) is 0 Å². The van der Waals surface area contributed by atoms with Crippen molar-refractivity contribution in [3.8, 4) is 11.5 Å². The van der Waals surface area contributed by atoms with Crippen molar-refractivity contribution < 1.29 is 9.47 Å². The van der Waals surface area contributed by atoms with Gasteiger partial charge in [0, 0.05) is 19.4 Å². The molecule has 1 aliphatic heterocycles. The molecule has 0 amide bonds. The third-order valence-corrected chi connectivity index (χ3v) is 3.25. The van der Waals surface area contributed by atoms with Crippen LogP contribution < -0.4 is 14.8 Å². The second-order valence-corrected chi connectivity index (χ2v) is 4.50. The van der Waals surface area contributed by atoms with Gasteiger partial charge in [-0.3, -0.25) is 0 Å². The zero-order valence-electron chi connectivity index (χ0n) is 11.1. The number of hydrogen-bond acceptors (Lipinski definition) is 4. The van der Waals surface area contributed by atoms with Crippen LogP contribution in [0.25, 0.3) is 0 Å². The highest BCUT2D eigenvalue weighted by atomic mass is 16.7. The summed E-state index contributed by atoms with van der Waals surface area (Å²) in [7, 11) is 2.00. The van der Waals surface area contributed by atoms with Crippen LogP contribution in [0.15, 0.2) is 30.6 Å². The minimum atomic E-state index is 0.0551.